The van der Waals surface area contributed by atoms with Crippen LogP contribution >= 0.6 is 0 Å². The summed E-state index contributed by atoms with van der Waals surface area (Å²) in [5, 5.41) is 9.57. The molecule has 21 heavy (non-hydrogen) atoms. The highest BCUT2D eigenvalue weighted by atomic mass is 16.5. The molecule has 0 spiro atoms. The molecule has 112 valence electrons. The number of hydrogen-bond acceptors (Lipinski definition) is 3. The lowest BCUT2D eigenvalue weighted by molar-refractivity contribution is -0.00654. The monoisotopic (exact) mass is 289 g/mol. The highest BCUT2D eigenvalue weighted by Crippen LogP contribution is 2.13. The topological polar surface area (TPSA) is 68.5 Å². The number of benzene rings is 1. The molecule has 0 amide bonds. The van der Waals surface area contributed by atoms with E-state index in [2.05, 4.69) is 0 Å². The van der Waals surface area contributed by atoms with E-state index < -0.39 is 11.4 Å². The Morgan fingerprint density at radius 1 is 1.29 bits per heavy atom. The first-order chi connectivity index (χ1) is 9.79. The predicted molar refractivity (Wildman–Crippen MR) is 80.9 cm³/mol. The van der Waals surface area contributed by atoms with Crippen LogP contribution in [0.2, 0.25) is 0 Å². The number of nitrogens with zero attached hydrogens (tertiary/aromatic N) is 1. The standard InChI is InChI=1S/C16H19NO4/c1-16(2,3)21-9-8-17-10-12(15(19)20)14(18)11-6-4-5-7-13(11)17/h4-7,10H,8-9H2,1-3H3,(H,19,20). The Hall–Kier alpha value is -2.14. The van der Waals surface area contributed by atoms with Gasteiger partial charge in [0.2, 0.25) is 5.43 Å². The van der Waals surface area contributed by atoms with Gasteiger partial charge < -0.3 is 14.4 Å². The Morgan fingerprint density at radius 2 is 1.95 bits per heavy atom. The van der Waals surface area contributed by atoms with E-state index in [1.807, 2.05) is 26.8 Å². The van der Waals surface area contributed by atoms with Crippen LogP contribution in [-0.4, -0.2) is 27.9 Å². The van der Waals surface area contributed by atoms with Crippen molar-refractivity contribution >= 4 is 16.9 Å². The van der Waals surface area contributed by atoms with Crippen molar-refractivity contribution in [2.75, 3.05) is 6.61 Å². The van der Waals surface area contributed by atoms with Crippen molar-refractivity contribution < 1.29 is 14.6 Å². The molecule has 1 aromatic carbocycles. The summed E-state index contributed by atoms with van der Waals surface area (Å²) in [6.07, 6.45) is 1.39. The van der Waals surface area contributed by atoms with Crippen LogP contribution in [0, 0.1) is 0 Å². The molecule has 0 bridgehead atoms. The molecule has 0 aliphatic carbocycles. The SMILES string of the molecule is CC(C)(C)OCCn1cc(C(=O)O)c(=O)c2ccccc21. The van der Waals surface area contributed by atoms with Crippen LogP contribution < -0.4 is 5.43 Å². The summed E-state index contributed by atoms with van der Waals surface area (Å²) in [6, 6.07) is 7.00. The number of carboxylic acids is 1. The van der Waals surface area contributed by atoms with Crippen molar-refractivity contribution in [2.24, 2.45) is 0 Å². The maximum atomic E-state index is 12.1. The molecule has 5 nitrogen and oxygen atoms in total. The van der Waals surface area contributed by atoms with Gasteiger partial charge in [0.05, 0.1) is 17.7 Å². The summed E-state index contributed by atoms with van der Waals surface area (Å²) >= 11 is 0. The molecule has 0 fully saturated rings. The highest BCUT2D eigenvalue weighted by molar-refractivity contribution is 5.92. The van der Waals surface area contributed by atoms with Gasteiger partial charge in [0.15, 0.2) is 0 Å². The van der Waals surface area contributed by atoms with E-state index >= 15 is 0 Å². The molecular weight excluding hydrogens is 270 g/mol. The number of carboxylic acid groups (broad SMARTS) is 1. The lowest BCUT2D eigenvalue weighted by Crippen LogP contribution is -2.24. The van der Waals surface area contributed by atoms with Crippen molar-refractivity contribution in [3.63, 3.8) is 0 Å². The fourth-order valence-electron chi connectivity index (χ4n) is 2.13. The maximum absolute atomic E-state index is 12.1. The Bertz CT molecular complexity index is 725. The zero-order valence-electron chi connectivity index (χ0n) is 12.4. The molecule has 0 radical (unpaired) electrons. The van der Waals surface area contributed by atoms with Crippen LogP contribution in [0.4, 0.5) is 0 Å². The first-order valence-electron chi connectivity index (χ1n) is 6.79. The van der Waals surface area contributed by atoms with E-state index in [4.69, 9.17) is 9.84 Å². The molecule has 1 aromatic heterocycles. The van der Waals surface area contributed by atoms with E-state index in [9.17, 15) is 9.59 Å². The molecule has 0 atom stereocenters. The number of aromatic carboxylic acids is 1. The molecule has 0 saturated carbocycles. The third-order valence-corrected chi connectivity index (χ3v) is 3.09. The van der Waals surface area contributed by atoms with Crippen LogP contribution in [0.25, 0.3) is 10.9 Å². The number of hydrogen-bond donors (Lipinski definition) is 1. The molecule has 0 saturated heterocycles. The summed E-state index contributed by atoms with van der Waals surface area (Å²) < 4.78 is 7.42. The van der Waals surface area contributed by atoms with E-state index in [0.29, 0.717) is 24.1 Å². The maximum Gasteiger partial charge on any atom is 0.341 e. The Kier molecular flexibility index (Phi) is 4.14. The summed E-state index contributed by atoms with van der Waals surface area (Å²) in [6.45, 7) is 6.80. The summed E-state index contributed by atoms with van der Waals surface area (Å²) in [4.78, 5) is 23.3. The number of aromatic nitrogens is 1. The van der Waals surface area contributed by atoms with Crippen molar-refractivity contribution in [1.29, 1.82) is 0 Å². The number of para-hydroxylation sites is 1. The van der Waals surface area contributed by atoms with E-state index in [-0.39, 0.29) is 11.2 Å². The van der Waals surface area contributed by atoms with Gasteiger partial charge in [-0.25, -0.2) is 4.79 Å². The second-order valence-corrected chi connectivity index (χ2v) is 5.85. The third kappa shape index (κ3) is 3.49. The fourth-order valence-corrected chi connectivity index (χ4v) is 2.13. The molecule has 1 N–H and O–H groups in total. The Morgan fingerprint density at radius 3 is 2.57 bits per heavy atom. The Labute approximate surface area is 122 Å². The largest absolute Gasteiger partial charge is 0.477 e. The minimum absolute atomic E-state index is 0.218. The molecule has 0 aliphatic rings. The van der Waals surface area contributed by atoms with Gasteiger partial charge in [-0.15, -0.1) is 0 Å². The lowest BCUT2D eigenvalue weighted by Gasteiger charge is -2.20. The number of rotatable bonds is 4. The minimum atomic E-state index is -1.21. The molecule has 2 rings (SSSR count). The number of carbonyl (C=O) groups is 1. The minimum Gasteiger partial charge on any atom is -0.477 e. The second-order valence-electron chi connectivity index (χ2n) is 5.85. The molecule has 1 heterocycles. The van der Waals surface area contributed by atoms with Gasteiger partial charge in [0.1, 0.15) is 5.56 Å². The predicted octanol–water partition coefficient (Wildman–Crippen LogP) is 2.51. The first kappa shape index (κ1) is 15.3. The number of fused-ring (bicyclic) bond motifs is 1. The molecule has 0 unspecified atom stereocenters. The summed E-state index contributed by atoms with van der Waals surface area (Å²) in [5.74, 6) is -1.21. The number of pyridine rings is 1. The van der Waals surface area contributed by atoms with E-state index in [1.165, 1.54) is 6.20 Å². The number of ether oxygens (including phenoxy) is 1. The first-order valence-corrected chi connectivity index (χ1v) is 6.79. The molecule has 5 heteroatoms. The van der Waals surface area contributed by atoms with Crippen LogP contribution in [0.5, 0.6) is 0 Å². The van der Waals surface area contributed by atoms with Crippen LogP contribution in [0.15, 0.2) is 35.3 Å². The average molecular weight is 289 g/mol. The third-order valence-electron chi connectivity index (χ3n) is 3.09. The van der Waals surface area contributed by atoms with Gasteiger partial charge in [-0.05, 0) is 32.9 Å². The van der Waals surface area contributed by atoms with E-state index in [0.717, 1.165) is 0 Å². The smallest absolute Gasteiger partial charge is 0.341 e. The Balaban J connectivity index is 2.45. The molecular formula is C16H19NO4. The second kappa shape index (κ2) is 5.69. The van der Waals surface area contributed by atoms with Gasteiger partial charge in [0.25, 0.3) is 0 Å². The molecule has 0 aliphatic heterocycles. The van der Waals surface area contributed by atoms with Gasteiger partial charge >= 0.3 is 5.97 Å². The average Bonchev–Trinajstić information content (AvgIpc) is 2.40. The van der Waals surface area contributed by atoms with Crippen molar-refractivity contribution in [3.05, 3.63) is 46.2 Å². The van der Waals surface area contributed by atoms with Crippen LogP contribution in [0.1, 0.15) is 31.1 Å². The van der Waals surface area contributed by atoms with Gasteiger partial charge in [0, 0.05) is 18.1 Å². The van der Waals surface area contributed by atoms with Crippen molar-refractivity contribution in [2.45, 2.75) is 32.9 Å². The summed E-state index contributed by atoms with van der Waals surface area (Å²) in [5.41, 5.74) is -0.217. The lowest BCUT2D eigenvalue weighted by atomic mass is 10.1. The van der Waals surface area contributed by atoms with Crippen molar-refractivity contribution in [3.8, 4) is 0 Å². The summed E-state index contributed by atoms with van der Waals surface area (Å²) in [7, 11) is 0. The van der Waals surface area contributed by atoms with Crippen LogP contribution in [0.3, 0.4) is 0 Å². The molecule has 2 aromatic rings. The van der Waals surface area contributed by atoms with Gasteiger partial charge in [-0.3, -0.25) is 4.79 Å². The zero-order chi connectivity index (χ0) is 15.6. The zero-order valence-corrected chi connectivity index (χ0v) is 12.4. The van der Waals surface area contributed by atoms with E-state index in [1.54, 1.807) is 22.8 Å². The quantitative estimate of drug-likeness (QED) is 0.939. The van der Waals surface area contributed by atoms with Gasteiger partial charge in [-0.1, -0.05) is 12.1 Å². The van der Waals surface area contributed by atoms with Gasteiger partial charge in [-0.2, -0.15) is 0 Å². The van der Waals surface area contributed by atoms with Crippen molar-refractivity contribution in [1.82, 2.24) is 4.57 Å². The normalized spacial score (nSPS) is 11.8. The highest BCUT2D eigenvalue weighted by Gasteiger charge is 2.15. The van der Waals surface area contributed by atoms with Crippen LogP contribution in [-0.2, 0) is 11.3 Å². The fraction of sp³-hybridized carbons (Fsp3) is 0.375.